The molecule has 0 unspecified atom stereocenters. The topological polar surface area (TPSA) is 54.5 Å². The summed E-state index contributed by atoms with van der Waals surface area (Å²) in [6.45, 7) is 3.98. The van der Waals surface area contributed by atoms with Crippen LogP contribution in [-0.4, -0.2) is 35.2 Å². The molecule has 0 aliphatic carbocycles. The third-order valence-electron chi connectivity index (χ3n) is 4.13. The van der Waals surface area contributed by atoms with Crippen LogP contribution in [0.4, 0.5) is 4.79 Å². The molecule has 5 nitrogen and oxygen atoms in total. The van der Waals surface area contributed by atoms with Crippen molar-refractivity contribution in [2.75, 3.05) is 13.2 Å². The van der Waals surface area contributed by atoms with E-state index in [0.717, 1.165) is 25.1 Å². The van der Waals surface area contributed by atoms with Crippen LogP contribution in [0.5, 0.6) is 0 Å². The van der Waals surface area contributed by atoms with Crippen molar-refractivity contribution in [3.05, 3.63) is 52.5 Å². The fourth-order valence-corrected chi connectivity index (χ4v) is 3.55. The average Bonchev–Trinajstić information content (AvgIpc) is 3.29. The van der Waals surface area contributed by atoms with Gasteiger partial charge in [-0.25, -0.2) is 4.79 Å². The number of nitrogens with one attached hydrogen (secondary N) is 1. The summed E-state index contributed by atoms with van der Waals surface area (Å²) in [5.74, 6) is 0. The monoisotopic (exact) mass is 345 g/mol. The van der Waals surface area contributed by atoms with Crippen molar-refractivity contribution in [3.63, 3.8) is 0 Å². The Kier molecular flexibility index (Phi) is 5.82. The Morgan fingerprint density at radius 3 is 3.04 bits per heavy atom. The highest BCUT2D eigenvalue weighted by Crippen LogP contribution is 2.18. The van der Waals surface area contributed by atoms with Crippen molar-refractivity contribution in [1.29, 1.82) is 0 Å². The second kappa shape index (κ2) is 8.26. The van der Waals surface area contributed by atoms with E-state index in [2.05, 4.69) is 16.4 Å². The van der Waals surface area contributed by atoms with Crippen molar-refractivity contribution >= 4 is 17.4 Å². The minimum absolute atomic E-state index is 0.0722. The zero-order valence-electron chi connectivity index (χ0n) is 13.9. The molecule has 1 N–H and O–H groups in total. The molecule has 0 bridgehead atoms. The predicted molar refractivity (Wildman–Crippen MR) is 94.9 cm³/mol. The lowest BCUT2D eigenvalue weighted by Crippen LogP contribution is -2.44. The minimum Gasteiger partial charge on any atom is -0.376 e. The molecule has 0 saturated carbocycles. The number of rotatable bonds is 6. The zero-order valence-corrected chi connectivity index (χ0v) is 14.7. The summed E-state index contributed by atoms with van der Waals surface area (Å²) in [5, 5.41) is 5.09. The number of hydrogen-bond acceptors (Lipinski definition) is 4. The molecular weight excluding hydrogens is 322 g/mol. The smallest absolute Gasteiger partial charge is 0.318 e. The van der Waals surface area contributed by atoms with Crippen molar-refractivity contribution < 1.29 is 9.53 Å². The van der Waals surface area contributed by atoms with Crippen molar-refractivity contribution in [2.45, 2.75) is 38.5 Å². The predicted octanol–water partition coefficient (Wildman–Crippen LogP) is 3.59. The maximum Gasteiger partial charge on any atom is 0.318 e. The summed E-state index contributed by atoms with van der Waals surface area (Å²) < 4.78 is 5.71. The van der Waals surface area contributed by atoms with E-state index in [4.69, 9.17) is 4.74 Å². The number of nitrogens with zero attached hydrogens (tertiary/aromatic N) is 2. The lowest BCUT2D eigenvalue weighted by molar-refractivity contribution is 0.0792. The third kappa shape index (κ3) is 4.55. The van der Waals surface area contributed by atoms with E-state index in [1.807, 2.05) is 41.5 Å². The van der Waals surface area contributed by atoms with Crippen LogP contribution in [0, 0.1) is 0 Å². The third-order valence-corrected chi connectivity index (χ3v) is 4.99. The fraction of sp³-hybridized carbons (Fsp3) is 0.444. The normalized spacial score (nSPS) is 18.3. The lowest BCUT2D eigenvalue weighted by Gasteiger charge is -2.27. The largest absolute Gasteiger partial charge is 0.376 e. The van der Waals surface area contributed by atoms with Crippen molar-refractivity contribution in [2.24, 2.45) is 0 Å². The van der Waals surface area contributed by atoms with Gasteiger partial charge in [-0.3, -0.25) is 4.98 Å². The molecule has 3 heterocycles. The van der Waals surface area contributed by atoms with Gasteiger partial charge in [0.05, 0.1) is 24.4 Å². The van der Waals surface area contributed by atoms with Crippen LogP contribution in [0.25, 0.3) is 0 Å². The molecule has 24 heavy (non-hydrogen) atoms. The number of carbonyl (C=O) groups excluding carboxylic acids is 1. The van der Waals surface area contributed by atoms with Crippen LogP contribution in [0.2, 0.25) is 0 Å². The Morgan fingerprint density at radius 1 is 1.46 bits per heavy atom. The number of carbonyl (C=O) groups is 1. The average molecular weight is 345 g/mol. The van der Waals surface area contributed by atoms with E-state index in [1.165, 1.54) is 4.88 Å². The van der Waals surface area contributed by atoms with Gasteiger partial charge in [-0.2, -0.15) is 0 Å². The van der Waals surface area contributed by atoms with Gasteiger partial charge in [0.25, 0.3) is 0 Å². The van der Waals surface area contributed by atoms with Gasteiger partial charge >= 0.3 is 6.03 Å². The standard InChI is InChI=1S/C18H23N3O2S/c1-14(17-8-2-3-9-19-17)20-18(22)21(12-15-6-4-10-23-15)13-16-7-5-11-24-16/h2-3,5,7-9,11,14-15H,4,6,10,12-13H2,1H3,(H,20,22)/t14-,15-/m0/s1. The molecule has 0 aromatic carbocycles. The van der Waals surface area contributed by atoms with E-state index in [0.29, 0.717) is 13.1 Å². The molecular formula is C18H23N3O2S. The number of urea groups is 1. The molecule has 1 aliphatic rings. The Balaban J connectivity index is 1.65. The summed E-state index contributed by atoms with van der Waals surface area (Å²) >= 11 is 1.67. The Bertz CT molecular complexity index is 627. The molecule has 2 atom stereocenters. The first-order valence-corrected chi connectivity index (χ1v) is 9.20. The molecule has 128 valence electrons. The van der Waals surface area contributed by atoms with Crippen LogP contribution < -0.4 is 5.32 Å². The van der Waals surface area contributed by atoms with Gasteiger partial charge in [0.2, 0.25) is 0 Å². The molecule has 1 aliphatic heterocycles. The zero-order chi connectivity index (χ0) is 16.8. The number of thiophene rings is 1. The van der Waals surface area contributed by atoms with Crippen LogP contribution in [-0.2, 0) is 11.3 Å². The van der Waals surface area contributed by atoms with Gasteiger partial charge in [0.1, 0.15) is 0 Å². The SMILES string of the molecule is C[C@H](NC(=O)N(Cc1cccs1)C[C@@H]1CCCO1)c1ccccn1. The fourth-order valence-electron chi connectivity index (χ4n) is 2.83. The number of amides is 2. The highest BCUT2D eigenvalue weighted by atomic mass is 32.1. The van der Waals surface area contributed by atoms with E-state index in [9.17, 15) is 4.79 Å². The summed E-state index contributed by atoms with van der Waals surface area (Å²) in [4.78, 5) is 20.1. The number of hydrogen-bond donors (Lipinski definition) is 1. The van der Waals surface area contributed by atoms with Gasteiger partial charge in [-0.15, -0.1) is 11.3 Å². The first-order chi connectivity index (χ1) is 11.7. The first kappa shape index (κ1) is 16.9. The van der Waals surface area contributed by atoms with Gasteiger partial charge in [0, 0.05) is 24.2 Å². The van der Waals surface area contributed by atoms with Gasteiger partial charge < -0.3 is 15.0 Å². The molecule has 1 saturated heterocycles. The maximum absolute atomic E-state index is 12.8. The summed E-state index contributed by atoms with van der Waals surface area (Å²) in [6, 6.07) is 9.60. The van der Waals surface area contributed by atoms with Gasteiger partial charge in [-0.05, 0) is 43.3 Å². The Morgan fingerprint density at radius 2 is 2.38 bits per heavy atom. The highest BCUT2D eigenvalue weighted by Gasteiger charge is 2.24. The molecule has 3 rings (SSSR count). The second-order valence-electron chi connectivity index (χ2n) is 6.02. The van der Waals surface area contributed by atoms with Gasteiger partial charge in [0.15, 0.2) is 0 Å². The number of pyridine rings is 1. The van der Waals surface area contributed by atoms with Crippen LogP contribution >= 0.6 is 11.3 Å². The number of ether oxygens (including phenoxy) is 1. The summed E-state index contributed by atoms with van der Waals surface area (Å²) in [7, 11) is 0. The molecule has 2 aromatic rings. The Labute approximate surface area is 146 Å². The first-order valence-electron chi connectivity index (χ1n) is 8.32. The summed E-state index contributed by atoms with van der Waals surface area (Å²) in [6.07, 6.45) is 3.97. The minimum atomic E-state index is -0.131. The highest BCUT2D eigenvalue weighted by molar-refractivity contribution is 7.09. The van der Waals surface area contributed by atoms with E-state index in [1.54, 1.807) is 17.5 Å². The van der Waals surface area contributed by atoms with Crippen LogP contribution in [0.15, 0.2) is 41.9 Å². The molecule has 0 radical (unpaired) electrons. The van der Waals surface area contributed by atoms with Gasteiger partial charge in [-0.1, -0.05) is 12.1 Å². The van der Waals surface area contributed by atoms with Crippen LogP contribution in [0.1, 0.15) is 36.4 Å². The summed E-state index contributed by atoms with van der Waals surface area (Å²) in [5.41, 5.74) is 0.860. The Hall–Kier alpha value is -1.92. The quantitative estimate of drug-likeness (QED) is 0.870. The lowest BCUT2D eigenvalue weighted by atomic mass is 10.2. The van der Waals surface area contributed by atoms with Crippen molar-refractivity contribution in [1.82, 2.24) is 15.2 Å². The maximum atomic E-state index is 12.8. The van der Waals surface area contributed by atoms with Crippen molar-refractivity contribution in [3.8, 4) is 0 Å². The molecule has 1 fully saturated rings. The number of aromatic nitrogens is 1. The van der Waals surface area contributed by atoms with E-state index in [-0.39, 0.29) is 18.2 Å². The molecule has 6 heteroatoms. The van der Waals surface area contributed by atoms with Crippen LogP contribution in [0.3, 0.4) is 0 Å². The van der Waals surface area contributed by atoms with E-state index < -0.39 is 0 Å². The molecule has 2 amide bonds. The second-order valence-corrected chi connectivity index (χ2v) is 7.05. The molecule has 2 aromatic heterocycles. The van der Waals surface area contributed by atoms with E-state index >= 15 is 0 Å². The molecule has 0 spiro atoms.